The Kier molecular flexibility index (Phi) is 2.11. The van der Waals surface area contributed by atoms with Crippen LogP contribution in [0.1, 0.15) is 0 Å². The van der Waals surface area contributed by atoms with E-state index in [2.05, 4.69) is 10.1 Å². The van der Waals surface area contributed by atoms with Gasteiger partial charge in [0, 0.05) is 23.2 Å². The lowest BCUT2D eigenvalue weighted by Crippen LogP contribution is -1.80. The van der Waals surface area contributed by atoms with E-state index in [4.69, 9.17) is 16.1 Å². The molecule has 2 heterocycles. The Morgan fingerprint density at radius 2 is 2.06 bits per heavy atom. The van der Waals surface area contributed by atoms with Gasteiger partial charge in [-0.05, 0) is 29.8 Å². The summed E-state index contributed by atoms with van der Waals surface area (Å²) in [5.74, 6) is 0. The van der Waals surface area contributed by atoms with Gasteiger partial charge in [0.05, 0.1) is 5.52 Å². The Bertz CT molecular complexity index is 648. The highest BCUT2D eigenvalue weighted by atomic mass is 35.5. The molecule has 2 aromatic heterocycles. The van der Waals surface area contributed by atoms with E-state index < -0.39 is 0 Å². The van der Waals surface area contributed by atoms with Crippen molar-refractivity contribution in [1.82, 2.24) is 10.1 Å². The van der Waals surface area contributed by atoms with Crippen LogP contribution in [0.2, 0.25) is 5.22 Å². The minimum Gasteiger partial charge on any atom is -0.344 e. The number of aromatic nitrogens is 2. The van der Waals surface area contributed by atoms with Crippen molar-refractivity contribution >= 4 is 22.5 Å². The molecule has 0 aliphatic heterocycles. The molecule has 4 heteroatoms. The summed E-state index contributed by atoms with van der Waals surface area (Å²) in [6.07, 6.45) is 1.77. The van der Waals surface area contributed by atoms with Gasteiger partial charge < -0.3 is 4.52 Å². The van der Waals surface area contributed by atoms with E-state index in [9.17, 15) is 0 Å². The summed E-state index contributed by atoms with van der Waals surface area (Å²) < 4.78 is 4.83. The summed E-state index contributed by atoms with van der Waals surface area (Å²) in [5.41, 5.74) is 2.66. The zero-order valence-corrected chi connectivity index (χ0v) is 8.98. The van der Waals surface area contributed by atoms with Crippen molar-refractivity contribution in [3.05, 3.63) is 47.8 Å². The lowest BCUT2D eigenvalue weighted by molar-refractivity contribution is 0.424. The molecule has 0 radical (unpaired) electrons. The molecule has 0 bridgehead atoms. The number of hydrogen-bond donors (Lipinski definition) is 0. The Balaban J connectivity index is 2.18. The van der Waals surface area contributed by atoms with Crippen LogP contribution in [0.5, 0.6) is 0 Å². The van der Waals surface area contributed by atoms with Crippen molar-refractivity contribution in [3.63, 3.8) is 0 Å². The van der Waals surface area contributed by atoms with Crippen LogP contribution >= 0.6 is 11.6 Å². The van der Waals surface area contributed by atoms with E-state index in [-0.39, 0.29) is 0 Å². The van der Waals surface area contributed by atoms with E-state index in [1.165, 1.54) is 0 Å². The third-order valence-electron chi connectivity index (χ3n) is 2.38. The normalized spacial score (nSPS) is 10.8. The van der Waals surface area contributed by atoms with Gasteiger partial charge in [0.15, 0.2) is 0 Å². The molecule has 0 aliphatic carbocycles. The Morgan fingerprint density at radius 3 is 2.88 bits per heavy atom. The number of hydrogen-bond acceptors (Lipinski definition) is 3. The molecule has 3 rings (SSSR count). The highest BCUT2D eigenvalue weighted by Gasteiger charge is 2.05. The molecule has 3 nitrogen and oxygen atoms in total. The minimum absolute atomic E-state index is 0.293. The fourth-order valence-corrected chi connectivity index (χ4v) is 1.76. The van der Waals surface area contributed by atoms with Gasteiger partial charge >= 0.3 is 0 Å². The molecule has 1 aromatic carbocycles. The smallest absolute Gasteiger partial charge is 0.226 e. The second kappa shape index (κ2) is 3.61. The van der Waals surface area contributed by atoms with Crippen LogP contribution in [0.15, 0.2) is 47.1 Å². The summed E-state index contributed by atoms with van der Waals surface area (Å²) in [7, 11) is 0. The maximum Gasteiger partial charge on any atom is 0.226 e. The van der Waals surface area contributed by atoms with Crippen LogP contribution in [0, 0.1) is 0 Å². The maximum atomic E-state index is 5.69. The molecule has 16 heavy (non-hydrogen) atoms. The summed E-state index contributed by atoms with van der Waals surface area (Å²) in [5, 5.41) is 5.23. The van der Waals surface area contributed by atoms with Gasteiger partial charge in [-0.15, -0.1) is 0 Å². The quantitative estimate of drug-likeness (QED) is 0.642. The monoisotopic (exact) mass is 230 g/mol. The van der Waals surface area contributed by atoms with Crippen molar-refractivity contribution in [2.24, 2.45) is 0 Å². The third-order valence-corrected chi connectivity index (χ3v) is 2.56. The molecule has 0 saturated carbocycles. The number of fused-ring (bicyclic) bond motifs is 1. The summed E-state index contributed by atoms with van der Waals surface area (Å²) >= 11 is 5.69. The highest BCUT2D eigenvalue weighted by Crippen LogP contribution is 2.24. The van der Waals surface area contributed by atoms with Crippen molar-refractivity contribution in [3.8, 4) is 11.3 Å². The van der Waals surface area contributed by atoms with Crippen molar-refractivity contribution < 1.29 is 4.52 Å². The topological polar surface area (TPSA) is 38.9 Å². The van der Waals surface area contributed by atoms with Gasteiger partial charge in [-0.25, -0.2) is 0 Å². The number of halogens is 1. The average molecular weight is 231 g/mol. The Morgan fingerprint density at radius 1 is 1.12 bits per heavy atom. The molecule has 0 spiro atoms. The molecule has 0 aliphatic rings. The van der Waals surface area contributed by atoms with Crippen molar-refractivity contribution in [1.29, 1.82) is 0 Å². The second-order valence-corrected chi connectivity index (χ2v) is 3.80. The zero-order valence-electron chi connectivity index (χ0n) is 8.22. The van der Waals surface area contributed by atoms with E-state index in [1.54, 1.807) is 12.3 Å². The van der Waals surface area contributed by atoms with Crippen LogP contribution in [0.25, 0.3) is 22.2 Å². The largest absolute Gasteiger partial charge is 0.344 e. The molecule has 0 atom stereocenters. The van der Waals surface area contributed by atoms with E-state index in [1.807, 2.05) is 30.3 Å². The van der Waals surface area contributed by atoms with E-state index in [0.717, 1.165) is 22.2 Å². The molecule has 0 unspecified atom stereocenters. The Labute approximate surface area is 96.7 Å². The SMILES string of the molecule is Clc1cc(-c2ccc3ncccc3c2)no1. The van der Waals surface area contributed by atoms with Crippen LogP contribution < -0.4 is 0 Å². The highest BCUT2D eigenvalue weighted by molar-refractivity contribution is 6.29. The van der Waals surface area contributed by atoms with Gasteiger partial charge in [0.2, 0.25) is 5.22 Å². The lowest BCUT2D eigenvalue weighted by atomic mass is 10.1. The first-order chi connectivity index (χ1) is 7.83. The predicted molar refractivity (Wildman–Crippen MR) is 62.3 cm³/mol. The molecule has 0 N–H and O–H groups in total. The molecule has 0 saturated heterocycles. The predicted octanol–water partition coefficient (Wildman–Crippen LogP) is 3.54. The number of nitrogens with zero attached hydrogens (tertiary/aromatic N) is 2. The molecular weight excluding hydrogens is 224 g/mol. The lowest BCUT2D eigenvalue weighted by Gasteiger charge is -1.98. The van der Waals surface area contributed by atoms with Gasteiger partial charge in [0.1, 0.15) is 5.69 Å². The van der Waals surface area contributed by atoms with Gasteiger partial charge in [-0.2, -0.15) is 0 Å². The number of rotatable bonds is 1. The molecule has 78 valence electrons. The first-order valence-electron chi connectivity index (χ1n) is 4.80. The Hall–Kier alpha value is -1.87. The standard InChI is InChI=1S/C12H7ClN2O/c13-12-7-11(15-16-12)9-3-4-10-8(6-9)2-1-5-14-10/h1-7H. The number of benzene rings is 1. The summed E-state index contributed by atoms with van der Waals surface area (Å²) in [6.45, 7) is 0. The fraction of sp³-hybridized carbons (Fsp3) is 0. The maximum absolute atomic E-state index is 5.69. The van der Waals surface area contributed by atoms with Gasteiger partial charge in [-0.1, -0.05) is 17.3 Å². The summed E-state index contributed by atoms with van der Waals surface area (Å²) in [6, 6.07) is 11.5. The van der Waals surface area contributed by atoms with E-state index >= 15 is 0 Å². The first kappa shape index (κ1) is 9.36. The molecule has 0 fully saturated rings. The zero-order chi connectivity index (χ0) is 11.0. The second-order valence-electron chi connectivity index (χ2n) is 3.43. The van der Waals surface area contributed by atoms with Crippen LogP contribution in [-0.2, 0) is 0 Å². The van der Waals surface area contributed by atoms with Gasteiger partial charge in [-0.3, -0.25) is 4.98 Å². The van der Waals surface area contributed by atoms with Crippen LogP contribution in [0.3, 0.4) is 0 Å². The first-order valence-corrected chi connectivity index (χ1v) is 5.18. The van der Waals surface area contributed by atoms with Gasteiger partial charge in [0.25, 0.3) is 0 Å². The van der Waals surface area contributed by atoms with Crippen molar-refractivity contribution in [2.45, 2.75) is 0 Å². The minimum atomic E-state index is 0.293. The summed E-state index contributed by atoms with van der Waals surface area (Å²) in [4.78, 5) is 4.25. The van der Waals surface area contributed by atoms with Crippen LogP contribution in [0.4, 0.5) is 0 Å². The van der Waals surface area contributed by atoms with Crippen molar-refractivity contribution in [2.75, 3.05) is 0 Å². The fourth-order valence-electron chi connectivity index (χ4n) is 1.62. The van der Waals surface area contributed by atoms with Crippen LogP contribution in [-0.4, -0.2) is 10.1 Å². The molecule has 3 aromatic rings. The molecular formula is C12H7ClN2O. The molecule has 0 amide bonds. The average Bonchev–Trinajstić information content (AvgIpc) is 2.75. The van der Waals surface area contributed by atoms with E-state index in [0.29, 0.717) is 5.22 Å². The third kappa shape index (κ3) is 1.55. The number of pyridine rings is 1.